The first-order valence-electron chi connectivity index (χ1n) is 7.09. The molecule has 110 valence electrons. The van der Waals surface area contributed by atoms with Crippen LogP contribution in [0.15, 0.2) is 30.7 Å². The minimum absolute atomic E-state index is 0.0630. The average Bonchev–Trinajstić information content (AvgIpc) is 3.09. The van der Waals surface area contributed by atoms with E-state index in [4.69, 9.17) is 0 Å². The Morgan fingerprint density at radius 2 is 2.29 bits per heavy atom. The molecule has 6 heteroatoms. The van der Waals surface area contributed by atoms with Crippen molar-refractivity contribution in [3.8, 4) is 5.75 Å². The lowest BCUT2D eigenvalue weighted by atomic mass is 10.2. The van der Waals surface area contributed by atoms with E-state index in [9.17, 15) is 9.90 Å². The van der Waals surface area contributed by atoms with E-state index in [0.29, 0.717) is 6.54 Å². The van der Waals surface area contributed by atoms with Gasteiger partial charge in [-0.3, -0.25) is 4.79 Å². The average molecular weight is 286 g/mol. The van der Waals surface area contributed by atoms with E-state index >= 15 is 0 Å². The summed E-state index contributed by atoms with van der Waals surface area (Å²) < 4.78 is 2.05. The van der Waals surface area contributed by atoms with Gasteiger partial charge in [0.15, 0.2) is 5.69 Å². The zero-order valence-corrected chi connectivity index (χ0v) is 11.9. The number of hydrogen-bond donors (Lipinski definition) is 1. The predicted octanol–water partition coefficient (Wildman–Crippen LogP) is 1.60. The van der Waals surface area contributed by atoms with E-state index in [1.165, 1.54) is 12.3 Å². The Labute approximate surface area is 123 Å². The Bertz CT molecular complexity index is 653. The van der Waals surface area contributed by atoms with E-state index in [1.54, 1.807) is 12.3 Å². The smallest absolute Gasteiger partial charge is 0.276 e. The van der Waals surface area contributed by atoms with Gasteiger partial charge in [-0.05, 0) is 31.9 Å². The van der Waals surface area contributed by atoms with E-state index < -0.39 is 0 Å². The molecule has 2 aromatic rings. The number of rotatable bonds is 3. The molecule has 3 heterocycles. The van der Waals surface area contributed by atoms with Crippen LogP contribution in [0.4, 0.5) is 0 Å². The first-order valence-corrected chi connectivity index (χ1v) is 7.09. The Morgan fingerprint density at radius 1 is 1.43 bits per heavy atom. The molecule has 2 aromatic heterocycles. The summed E-state index contributed by atoms with van der Waals surface area (Å²) in [4.78, 5) is 22.6. The third-order valence-electron chi connectivity index (χ3n) is 3.96. The first-order chi connectivity index (χ1) is 10.2. The van der Waals surface area contributed by atoms with Gasteiger partial charge < -0.3 is 14.6 Å². The minimum Gasteiger partial charge on any atom is -0.505 e. The van der Waals surface area contributed by atoms with E-state index in [-0.39, 0.29) is 23.4 Å². The molecule has 3 rings (SSSR count). The number of nitrogens with zero attached hydrogens (tertiary/aromatic N) is 4. The summed E-state index contributed by atoms with van der Waals surface area (Å²) in [5, 5.41) is 9.80. The highest BCUT2D eigenvalue weighted by molar-refractivity contribution is 5.95. The molecule has 0 aliphatic carbocycles. The van der Waals surface area contributed by atoms with Gasteiger partial charge in [-0.15, -0.1) is 0 Å². The number of carbonyl (C=O) groups excluding carboxylic acids is 1. The molecule has 1 amide bonds. The quantitative estimate of drug-likeness (QED) is 0.930. The number of pyridine rings is 1. The first kappa shape index (κ1) is 13.6. The lowest BCUT2D eigenvalue weighted by Gasteiger charge is -2.25. The second kappa shape index (κ2) is 5.55. The molecule has 1 fully saturated rings. The van der Waals surface area contributed by atoms with Gasteiger partial charge in [0.05, 0.1) is 6.04 Å². The van der Waals surface area contributed by atoms with Gasteiger partial charge in [-0.25, -0.2) is 9.97 Å². The Morgan fingerprint density at radius 3 is 3.00 bits per heavy atom. The fraction of sp³-hybridized carbons (Fsp3) is 0.400. The molecule has 1 atom stereocenters. The van der Waals surface area contributed by atoms with Crippen molar-refractivity contribution in [3.63, 3.8) is 0 Å². The molecular formula is C15H18N4O2. The third-order valence-corrected chi connectivity index (χ3v) is 3.96. The van der Waals surface area contributed by atoms with Crippen LogP contribution in [0.3, 0.4) is 0 Å². The van der Waals surface area contributed by atoms with Crippen LogP contribution >= 0.6 is 0 Å². The second-order valence-electron chi connectivity index (χ2n) is 5.29. The molecule has 0 saturated carbocycles. The summed E-state index contributed by atoms with van der Waals surface area (Å²) in [6.07, 6.45) is 7.14. The highest BCUT2D eigenvalue weighted by Crippen LogP contribution is 2.24. The summed E-state index contributed by atoms with van der Waals surface area (Å²) in [7, 11) is 0. The number of aromatic nitrogens is 3. The summed E-state index contributed by atoms with van der Waals surface area (Å²) >= 11 is 0. The Balaban J connectivity index is 1.79. The van der Waals surface area contributed by atoms with Crippen molar-refractivity contribution < 1.29 is 9.90 Å². The normalized spacial score (nSPS) is 18.1. The van der Waals surface area contributed by atoms with Gasteiger partial charge in [0.2, 0.25) is 0 Å². The van der Waals surface area contributed by atoms with Crippen LogP contribution < -0.4 is 0 Å². The van der Waals surface area contributed by atoms with Gasteiger partial charge in [0.1, 0.15) is 11.6 Å². The van der Waals surface area contributed by atoms with Crippen LogP contribution in [0.2, 0.25) is 0 Å². The highest BCUT2D eigenvalue weighted by Gasteiger charge is 2.31. The second-order valence-corrected chi connectivity index (χ2v) is 5.29. The van der Waals surface area contributed by atoms with E-state index in [0.717, 1.165) is 25.2 Å². The van der Waals surface area contributed by atoms with Crippen molar-refractivity contribution in [1.29, 1.82) is 0 Å². The van der Waals surface area contributed by atoms with Crippen molar-refractivity contribution in [2.75, 3.05) is 6.54 Å². The molecule has 21 heavy (non-hydrogen) atoms. The van der Waals surface area contributed by atoms with Crippen LogP contribution in [0.25, 0.3) is 0 Å². The molecule has 1 saturated heterocycles. The third kappa shape index (κ3) is 2.61. The molecule has 0 aromatic carbocycles. The molecule has 0 bridgehead atoms. The molecule has 1 N–H and O–H groups in total. The monoisotopic (exact) mass is 286 g/mol. The molecular weight excluding hydrogens is 268 g/mol. The summed E-state index contributed by atoms with van der Waals surface area (Å²) in [5.41, 5.74) is 0.131. The molecule has 1 aliphatic heterocycles. The standard InChI is InChI=1S/C15H18N4O2/c1-11-16-7-9-18(11)10-12-4-3-8-19(12)15(21)14-13(20)5-2-6-17-14/h2,5-7,9,12,20H,3-4,8,10H2,1H3. The number of aryl methyl sites for hydroxylation is 1. The van der Waals surface area contributed by atoms with Crippen molar-refractivity contribution in [2.45, 2.75) is 32.4 Å². The molecule has 1 aliphatic rings. The van der Waals surface area contributed by atoms with Gasteiger partial charge in [0, 0.05) is 31.7 Å². The van der Waals surface area contributed by atoms with E-state index in [1.807, 2.05) is 18.0 Å². The van der Waals surface area contributed by atoms with Crippen LogP contribution in [-0.4, -0.2) is 43.0 Å². The minimum atomic E-state index is -0.201. The number of carbonyl (C=O) groups is 1. The molecule has 1 unspecified atom stereocenters. The lowest BCUT2D eigenvalue weighted by Crippen LogP contribution is -2.38. The van der Waals surface area contributed by atoms with Crippen LogP contribution in [-0.2, 0) is 6.54 Å². The predicted molar refractivity (Wildman–Crippen MR) is 76.9 cm³/mol. The van der Waals surface area contributed by atoms with E-state index in [2.05, 4.69) is 14.5 Å². The van der Waals surface area contributed by atoms with Gasteiger partial charge >= 0.3 is 0 Å². The number of aromatic hydroxyl groups is 1. The van der Waals surface area contributed by atoms with Gasteiger partial charge in [-0.2, -0.15) is 0 Å². The summed E-state index contributed by atoms with van der Waals surface area (Å²) in [6, 6.07) is 3.22. The fourth-order valence-electron chi connectivity index (χ4n) is 2.81. The number of hydrogen-bond acceptors (Lipinski definition) is 4. The molecule has 0 radical (unpaired) electrons. The number of imidazole rings is 1. The summed E-state index contributed by atoms with van der Waals surface area (Å²) in [5.74, 6) is 0.676. The summed E-state index contributed by atoms with van der Waals surface area (Å²) in [6.45, 7) is 3.38. The van der Waals surface area contributed by atoms with Gasteiger partial charge in [-0.1, -0.05) is 0 Å². The van der Waals surface area contributed by atoms with Crippen LogP contribution in [0.5, 0.6) is 5.75 Å². The van der Waals surface area contributed by atoms with Crippen LogP contribution in [0, 0.1) is 6.92 Å². The maximum Gasteiger partial charge on any atom is 0.276 e. The zero-order chi connectivity index (χ0) is 14.8. The number of amides is 1. The SMILES string of the molecule is Cc1nccn1CC1CCCN1C(=O)c1ncccc1O. The van der Waals surface area contributed by atoms with Crippen molar-refractivity contribution in [1.82, 2.24) is 19.4 Å². The largest absolute Gasteiger partial charge is 0.505 e. The zero-order valence-electron chi connectivity index (χ0n) is 11.9. The van der Waals surface area contributed by atoms with Gasteiger partial charge in [0.25, 0.3) is 5.91 Å². The highest BCUT2D eigenvalue weighted by atomic mass is 16.3. The Kier molecular flexibility index (Phi) is 3.60. The topological polar surface area (TPSA) is 71.2 Å². The van der Waals surface area contributed by atoms with Crippen LogP contribution in [0.1, 0.15) is 29.2 Å². The molecule has 6 nitrogen and oxygen atoms in total. The molecule has 0 spiro atoms. The van der Waals surface area contributed by atoms with Crippen molar-refractivity contribution in [2.24, 2.45) is 0 Å². The lowest BCUT2D eigenvalue weighted by molar-refractivity contribution is 0.0714. The van der Waals surface area contributed by atoms with Crippen molar-refractivity contribution >= 4 is 5.91 Å². The maximum atomic E-state index is 12.6. The van der Waals surface area contributed by atoms with Crippen molar-refractivity contribution in [3.05, 3.63) is 42.2 Å². The number of likely N-dealkylation sites (tertiary alicyclic amines) is 1. The Hall–Kier alpha value is -2.37. The maximum absolute atomic E-state index is 12.6. The fourth-order valence-corrected chi connectivity index (χ4v) is 2.81.